The highest BCUT2D eigenvalue weighted by atomic mass is 16.6. The van der Waals surface area contributed by atoms with Crippen LogP contribution in [0.1, 0.15) is 12.8 Å². The molecule has 2 heterocycles. The molecule has 0 saturated heterocycles. The highest BCUT2D eigenvalue weighted by Crippen LogP contribution is 2.23. The number of hydrogen-bond acceptors (Lipinski definition) is 11. The van der Waals surface area contributed by atoms with E-state index in [0.717, 1.165) is 0 Å². The van der Waals surface area contributed by atoms with Crippen LogP contribution < -0.4 is 20.9 Å². The minimum Gasteiger partial charge on any atom is -0.460 e. The van der Waals surface area contributed by atoms with E-state index >= 15 is 0 Å². The Morgan fingerprint density at radius 3 is 1.91 bits per heavy atom. The maximum absolute atomic E-state index is 12.7. The summed E-state index contributed by atoms with van der Waals surface area (Å²) in [5.41, 5.74) is 8.60. The van der Waals surface area contributed by atoms with Crippen LogP contribution in [0.4, 0.5) is 11.9 Å². The van der Waals surface area contributed by atoms with E-state index in [-0.39, 0.29) is 30.3 Å². The largest absolute Gasteiger partial charge is 0.460 e. The molecule has 0 aliphatic heterocycles. The molecule has 1 atom stereocenters. The van der Waals surface area contributed by atoms with Gasteiger partial charge in [-0.05, 0) is 0 Å². The molecule has 2 aromatic rings. The first kappa shape index (κ1) is 25.6. The molecule has 2 aromatic heterocycles. The van der Waals surface area contributed by atoms with E-state index in [4.69, 9.17) is 25.7 Å². The van der Waals surface area contributed by atoms with E-state index in [0.29, 0.717) is 11.0 Å². The lowest BCUT2D eigenvalue weighted by Crippen LogP contribution is -2.47. The third-order valence-corrected chi connectivity index (χ3v) is 4.47. The first-order valence-electron chi connectivity index (χ1n) is 9.87. The summed E-state index contributed by atoms with van der Waals surface area (Å²) < 4.78 is 18.5. The summed E-state index contributed by atoms with van der Waals surface area (Å²) in [7, 11) is 8.85. The fraction of sp³-hybridized carbons (Fsp3) is 0.526. The van der Waals surface area contributed by atoms with Crippen molar-refractivity contribution in [1.82, 2.24) is 19.1 Å². The molecule has 14 heteroatoms. The number of quaternary nitrogens is 1. The zero-order valence-electron chi connectivity index (χ0n) is 19.3. The van der Waals surface area contributed by atoms with Crippen molar-refractivity contribution < 1.29 is 38.2 Å². The van der Waals surface area contributed by atoms with Crippen molar-refractivity contribution >= 4 is 29.8 Å². The minimum atomic E-state index is -2.60. The Kier molecular flexibility index (Phi) is 7.66. The van der Waals surface area contributed by atoms with Crippen LogP contribution in [0, 0.1) is 0 Å². The van der Waals surface area contributed by atoms with Crippen LogP contribution >= 0.6 is 0 Å². The first-order chi connectivity index (χ1) is 15.2. The molecular weight excluding hydrogens is 438 g/mol. The van der Waals surface area contributed by atoms with Crippen molar-refractivity contribution in [2.75, 3.05) is 45.8 Å². The van der Waals surface area contributed by atoms with Gasteiger partial charge < -0.3 is 44.4 Å². The van der Waals surface area contributed by atoms with Crippen LogP contribution in [0.25, 0.3) is 0 Å². The van der Waals surface area contributed by atoms with Crippen molar-refractivity contribution in [2.24, 2.45) is 14.1 Å². The number of hydrogen-bond donors (Lipinski definition) is 3. The second kappa shape index (κ2) is 9.87. The first-order valence-corrected chi connectivity index (χ1v) is 9.87. The molecule has 0 aliphatic rings. The van der Waals surface area contributed by atoms with Gasteiger partial charge in [0.25, 0.3) is 0 Å². The van der Waals surface area contributed by atoms with Crippen molar-refractivity contribution in [1.29, 1.82) is 0 Å². The summed E-state index contributed by atoms with van der Waals surface area (Å²) in [4.78, 5) is 45.1. The van der Waals surface area contributed by atoms with Gasteiger partial charge in [0, 0.05) is 14.1 Å². The third kappa shape index (κ3) is 7.47. The Hall–Kier alpha value is -3.65. The number of aryl methyl sites for hydroxylation is 2. The summed E-state index contributed by atoms with van der Waals surface area (Å²) in [6.07, 6.45) is 0.850. The van der Waals surface area contributed by atoms with Gasteiger partial charge in [-0.15, -0.1) is 0 Å². The Labute approximate surface area is 190 Å². The number of nitrogens with two attached hydrogens (primary N) is 2. The van der Waals surface area contributed by atoms with Gasteiger partial charge in [-0.1, -0.05) is 0 Å². The Morgan fingerprint density at radius 1 is 0.970 bits per heavy atom. The van der Waals surface area contributed by atoms with E-state index < -0.39 is 36.4 Å². The second-order valence-corrected chi connectivity index (χ2v) is 8.58. The molecule has 182 valence electrons. The van der Waals surface area contributed by atoms with E-state index in [1.54, 1.807) is 14.1 Å². The summed E-state index contributed by atoms with van der Waals surface area (Å²) in [6.45, 7) is 0.535. The predicted molar refractivity (Wildman–Crippen MR) is 115 cm³/mol. The minimum absolute atomic E-state index is 0.0435. The fourth-order valence-electron chi connectivity index (χ4n) is 2.51. The summed E-state index contributed by atoms with van der Waals surface area (Å²) in [5.74, 6) is -3.48. The van der Waals surface area contributed by atoms with E-state index in [1.807, 2.05) is 21.1 Å². The lowest BCUT2D eigenvalue weighted by Gasteiger charge is -2.25. The molecule has 0 bridgehead atoms. The number of esters is 3. The van der Waals surface area contributed by atoms with Crippen LogP contribution in [0.2, 0.25) is 0 Å². The molecule has 2 rings (SSSR count). The third-order valence-electron chi connectivity index (χ3n) is 4.47. The van der Waals surface area contributed by atoms with Crippen LogP contribution in [0.5, 0.6) is 11.8 Å². The van der Waals surface area contributed by atoms with Crippen molar-refractivity contribution in [3.63, 3.8) is 0 Å². The van der Waals surface area contributed by atoms with Gasteiger partial charge in [-0.25, -0.2) is 4.79 Å². The van der Waals surface area contributed by atoms with Gasteiger partial charge >= 0.3 is 17.9 Å². The van der Waals surface area contributed by atoms with E-state index in [9.17, 15) is 19.5 Å². The standard InChI is InChI=1S/C19H30N7O7/c1-24-10-12(22-17(24)20)32-15(28)9-19(30,8-14(27)31-7-6-26(3,4)5)16(29)33-13-11-25(2)18(21)23-13/h10-11,30H,6-9H2,1-5H3,(H2,20,22)(H2,21,23)/q+1. The number of nitrogen functional groups attached to an aromatic ring is 2. The van der Waals surface area contributed by atoms with Gasteiger partial charge in [-0.2, -0.15) is 9.97 Å². The lowest BCUT2D eigenvalue weighted by molar-refractivity contribution is -0.870. The number of likely N-dealkylation sites (N-methyl/N-ethyl adjacent to an activating group) is 1. The van der Waals surface area contributed by atoms with E-state index in [1.165, 1.54) is 21.5 Å². The van der Waals surface area contributed by atoms with Gasteiger partial charge in [0.05, 0.1) is 46.4 Å². The summed E-state index contributed by atoms with van der Waals surface area (Å²) in [6, 6.07) is 0. The molecule has 33 heavy (non-hydrogen) atoms. The fourth-order valence-corrected chi connectivity index (χ4v) is 2.51. The average Bonchev–Trinajstić information content (AvgIpc) is 3.13. The predicted octanol–water partition coefficient (Wildman–Crippen LogP) is -1.41. The number of ether oxygens (including phenoxy) is 3. The van der Waals surface area contributed by atoms with Crippen LogP contribution in [-0.2, 0) is 33.2 Å². The zero-order chi connectivity index (χ0) is 25.0. The molecule has 14 nitrogen and oxygen atoms in total. The average molecular weight is 468 g/mol. The molecule has 0 aromatic carbocycles. The monoisotopic (exact) mass is 468 g/mol. The molecule has 1 unspecified atom stereocenters. The maximum Gasteiger partial charge on any atom is 0.346 e. The number of anilines is 2. The Morgan fingerprint density at radius 2 is 1.45 bits per heavy atom. The molecule has 0 fully saturated rings. The highest BCUT2D eigenvalue weighted by molar-refractivity contribution is 5.91. The SMILES string of the molecule is Cn1cc(OC(=O)CC(O)(CC(=O)OCC[N+](C)(C)C)C(=O)Oc2cn(C)c(N)n2)nc1N. The molecular formula is C19H30N7O7+. The quantitative estimate of drug-likeness (QED) is 0.274. The topological polar surface area (TPSA) is 187 Å². The van der Waals surface area contributed by atoms with Crippen molar-refractivity contribution in [3.8, 4) is 11.8 Å². The maximum atomic E-state index is 12.7. The normalized spacial score (nSPS) is 13.3. The highest BCUT2D eigenvalue weighted by Gasteiger charge is 2.44. The van der Waals surface area contributed by atoms with Crippen LogP contribution in [0.15, 0.2) is 12.4 Å². The lowest BCUT2D eigenvalue weighted by atomic mass is 9.95. The van der Waals surface area contributed by atoms with E-state index in [2.05, 4.69) is 9.97 Å². The number of imidazole rings is 2. The van der Waals surface area contributed by atoms with Crippen LogP contribution in [-0.4, -0.2) is 86.5 Å². The van der Waals surface area contributed by atoms with Gasteiger partial charge in [0.1, 0.15) is 13.2 Å². The molecule has 0 spiro atoms. The second-order valence-electron chi connectivity index (χ2n) is 8.58. The molecule has 5 N–H and O–H groups in total. The number of nitrogens with zero attached hydrogens (tertiary/aromatic N) is 5. The van der Waals surface area contributed by atoms with Crippen LogP contribution in [0.3, 0.4) is 0 Å². The van der Waals surface area contributed by atoms with Gasteiger partial charge in [0.2, 0.25) is 23.7 Å². The number of carbonyl (C=O) groups is 3. The Bertz CT molecular complexity index is 985. The zero-order valence-corrected chi connectivity index (χ0v) is 19.3. The summed E-state index contributed by atoms with van der Waals surface area (Å²) >= 11 is 0. The molecule has 0 aliphatic carbocycles. The molecule has 0 amide bonds. The van der Waals surface area contributed by atoms with Gasteiger partial charge in [0.15, 0.2) is 5.60 Å². The smallest absolute Gasteiger partial charge is 0.346 e. The number of carbonyl (C=O) groups excluding carboxylic acids is 3. The number of rotatable bonds is 10. The summed E-state index contributed by atoms with van der Waals surface area (Å²) in [5, 5.41) is 11.0. The number of aromatic nitrogens is 4. The van der Waals surface area contributed by atoms with Crippen molar-refractivity contribution in [3.05, 3.63) is 12.4 Å². The molecule has 0 radical (unpaired) electrons. The Balaban J connectivity index is 2.15. The van der Waals surface area contributed by atoms with Gasteiger partial charge in [-0.3, -0.25) is 9.59 Å². The molecule has 0 saturated carbocycles. The number of aliphatic hydroxyl groups is 1. The van der Waals surface area contributed by atoms with Crippen molar-refractivity contribution in [2.45, 2.75) is 18.4 Å².